The minimum absolute atomic E-state index is 0.167. The van der Waals surface area contributed by atoms with Gasteiger partial charge >= 0.3 is 6.09 Å². The maximum Gasteiger partial charge on any atom is 0.422 e. The molecule has 0 radical (unpaired) electrons. The molecule has 0 aromatic carbocycles. The second-order valence-corrected chi connectivity index (χ2v) is 3.73. The molecule has 0 rings (SSSR count). The molecular formula is C8H18N2O3. The van der Waals surface area contributed by atoms with Crippen LogP contribution in [0.5, 0.6) is 0 Å². The Labute approximate surface area is 78.5 Å². The summed E-state index contributed by atoms with van der Waals surface area (Å²) >= 11 is 0. The van der Waals surface area contributed by atoms with Gasteiger partial charge in [-0.3, -0.25) is 0 Å². The minimum Gasteiger partial charge on any atom is -0.464 e. The molecule has 0 saturated heterocycles. The molecule has 78 valence electrons. The highest BCUT2D eigenvalue weighted by atomic mass is 16.4. The van der Waals surface area contributed by atoms with E-state index in [1.165, 1.54) is 13.8 Å². The lowest BCUT2D eigenvalue weighted by Gasteiger charge is -2.27. The second kappa shape index (κ2) is 5.53. The summed E-state index contributed by atoms with van der Waals surface area (Å²) in [5.41, 5.74) is -0.508. The van der Waals surface area contributed by atoms with Crippen LogP contribution < -0.4 is 5.84 Å². The lowest BCUT2D eigenvalue weighted by atomic mass is 10.1. The van der Waals surface area contributed by atoms with Gasteiger partial charge in [-0.2, -0.15) is 0 Å². The zero-order valence-corrected chi connectivity index (χ0v) is 8.79. The van der Waals surface area contributed by atoms with Crippen LogP contribution in [0, 0.1) is 0 Å². The molecule has 0 bridgehead atoms. The molecule has 5 heteroatoms. The van der Waals surface area contributed by atoms with Crippen molar-refractivity contribution in [1.29, 1.82) is 0 Å². The number of hydrogen-bond acceptors (Lipinski definition) is 3. The van der Waals surface area contributed by atoms with Crippen LogP contribution in [0.15, 0.2) is 0 Å². The Hall–Kier alpha value is -1.10. The van der Waals surface area contributed by atoms with Gasteiger partial charge in [0.05, 0.1) is 5.54 Å². The van der Waals surface area contributed by atoms with E-state index in [2.05, 4.69) is 0 Å². The van der Waals surface area contributed by atoms with Crippen molar-refractivity contribution >= 4 is 11.9 Å². The van der Waals surface area contributed by atoms with E-state index in [1.807, 2.05) is 0 Å². The van der Waals surface area contributed by atoms with Gasteiger partial charge in [0, 0.05) is 0 Å². The molecule has 0 heterocycles. The number of carbonyl (C=O) groups is 2. The number of nitrogens with two attached hydrogens (primary N) is 1. The van der Waals surface area contributed by atoms with Gasteiger partial charge in [-0.1, -0.05) is 0 Å². The molecule has 0 atom stereocenters. The van der Waals surface area contributed by atoms with E-state index in [4.69, 9.17) is 10.9 Å². The Balaban J connectivity index is 0. The Morgan fingerprint density at radius 2 is 1.46 bits per heavy atom. The van der Waals surface area contributed by atoms with E-state index in [0.717, 1.165) is 5.01 Å². The van der Waals surface area contributed by atoms with Crippen molar-refractivity contribution < 1.29 is 14.7 Å². The van der Waals surface area contributed by atoms with Gasteiger partial charge in [-0.25, -0.2) is 15.6 Å². The van der Waals surface area contributed by atoms with Gasteiger partial charge in [-0.15, -0.1) is 0 Å². The Bertz CT molecular complexity index is 180. The summed E-state index contributed by atoms with van der Waals surface area (Å²) in [5.74, 6) is 5.29. The molecule has 0 saturated carbocycles. The van der Waals surface area contributed by atoms with Crippen LogP contribution in [-0.4, -0.2) is 27.5 Å². The van der Waals surface area contributed by atoms with E-state index in [-0.39, 0.29) is 5.78 Å². The van der Waals surface area contributed by atoms with Crippen molar-refractivity contribution in [3.63, 3.8) is 0 Å². The average Bonchev–Trinajstić information content (AvgIpc) is 1.82. The SMILES string of the molecule is CC(C)(C)N(N)C(=O)O.CC(C)=O. The highest BCUT2D eigenvalue weighted by Crippen LogP contribution is 2.06. The molecule has 0 aliphatic carbocycles. The standard InChI is InChI=1S/C5H12N2O2.C3H6O/c1-5(2,3)7(6)4(8)9;1-3(2)4/h6H2,1-3H3,(H,8,9);1-2H3. The molecular weight excluding hydrogens is 172 g/mol. The van der Waals surface area contributed by atoms with Crippen LogP contribution in [0.3, 0.4) is 0 Å². The fourth-order valence-corrected chi connectivity index (χ4v) is 0.287. The minimum atomic E-state index is -1.11. The molecule has 0 fully saturated rings. The van der Waals surface area contributed by atoms with Crippen molar-refractivity contribution in [1.82, 2.24) is 5.01 Å². The maximum absolute atomic E-state index is 10.1. The van der Waals surface area contributed by atoms with Crippen LogP contribution in [-0.2, 0) is 4.79 Å². The molecule has 3 N–H and O–H groups in total. The number of amides is 1. The summed E-state index contributed by atoms with van der Waals surface area (Å²) in [4.78, 5) is 19.6. The van der Waals surface area contributed by atoms with Gasteiger partial charge in [0.15, 0.2) is 0 Å². The number of hydrazine groups is 1. The zero-order chi connectivity index (χ0) is 11.2. The van der Waals surface area contributed by atoms with Crippen molar-refractivity contribution in [2.24, 2.45) is 5.84 Å². The summed E-state index contributed by atoms with van der Waals surface area (Å²) in [5, 5.41) is 9.09. The summed E-state index contributed by atoms with van der Waals surface area (Å²) < 4.78 is 0. The van der Waals surface area contributed by atoms with Crippen LogP contribution in [0.25, 0.3) is 0 Å². The molecule has 1 amide bonds. The molecule has 0 aromatic heterocycles. The first-order valence-electron chi connectivity index (χ1n) is 3.84. The second-order valence-electron chi connectivity index (χ2n) is 3.73. The Kier molecular flexibility index (Phi) is 6.14. The summed E-state index contributed by atoms with van der Waals surface area (Å²) in [7, 11) is 0. The summed E-state index contributed by atoms with van der Waals surface area (Å²) in [6.45, 7) is 8.23. The van der Waals surface area contributed by atoms with E-state index in [1.54, 1.807) is 20.8 Å². The number of rotatable bonds is 0. The Morgan fingerprint density at radius 3 is 1.46 bits per heavy atom. The first-order chi connectivity index (χ1) is 5.59. The highest BCUT2D eigenvalue weighted by Gasteiger charge is 2.21. The third-order valence-corrected chi connectivity index (χ3v) is 0.929. The Morgan fingerprint density at radius 1 is 1.23 bits per heavy atom. The van der Waals surface area contributed by atoms with Crippen molar-refractivity contribution in [2.45, 2.75) is 40.2 Å². The summed E-state index contributed by atoms with van der Waals surface area (Å²) in [6, 6.07) is 0. The fourth-order valence-electron chi connectivity index (χ4n) is 0.287. The first kappa shape index (κ1) is 14.4. The van der Waals surface area contributed by atoms with E-state index in [9.17, 15) is 9.59 Å². The number of nitrogens with zero attached hydrogens (tertiary/aromatic N) is 1. The van der Waals surface area contributed by atoms with Crippen LogP contribution in [0.2, 0.25) is 0 Å². The smallest absolute Gasteiger partial charge is 0.422 e. The lowest BCUT2D eigenvalue weighted by molar-refractivity contribution is -0.114. The van der Waals surface area contributed by atoms with Crippen molar-refractivity contribution in [3.05, 3.63) is 0 Å². The first-order valence-corrected chi connectivity index (χ1v) is 3.84. The molecule has 0 unspecified atom stereocenters. The predicted molar refractivity (Wildman–Crippen MR) is 50.2 cm³/mol. The third-order valence-electron chi connectivity index (χ3n) is 0.929. The topological polar surface area (TPSA) is 83.6 Å². The number of Topliss-reactive ketones (excluding diaryl/α,β-unsaturated/α-hetero) is 1. The van der Waals surface area contributed by atoms with Crippen LogP contribution >= 0.6 is 0 Å². The van der Waals surface area contributed by atoms with E-state index < -0.39 is 11.6 Å². The number of ketones is 1. The van der Waals surface area contributed by atoms with Gasteiger partial charge in [0.25, 0.3) is 0 Å². The average molecular weight is 190 g/mol. The number of carboxylic acid groups (broad SMARTS) is 1. The van der Waals surface area contributed by atoms with Crippen molar-refractivity contribution in [3.8, 4) is 0 Å². The summed E-state index contributed by atoms with van der Waals surface area (Å²) in [6.07, 6.45) is -1.11. The molecule has 13 heavy (non-hydrogen) atoms. The van der Waals surface area contributed by atoms with Crippen molar-refractivity contribution in [2.75, 3.05) is 0 Å². The predicted octanol–water partition coefficient (Wildman–Crippen LogP) is 1.23. The van der Waals surface area contributed by atoms with Crippen LogP contribution in [0.1, 0.15) is 34.6 Å². The molecule has 5 nitrogen and oxygen atoms in total. The molecule has 0 aliphatic heterocycles. The van der Waals surface area contributed by atoms with Gasteiger partial charge in [-0.05, 0) is 34.6 Å². The third kappa shape index (κ3) is 10.9. The lowest BCUT2D eigenvalue weighted by Crippen LogP contribution is -2.49. The number of carbonyl (C=O) groups excluding carboxylic acids is 1. The van der Waals surface area contributed by atoms with Crippen LogP contribution in [0.4, 0.5) is 4.79 Å². The van der Waals surface area contributed by atoms with Gasteiger partial charge in [0.2, 0.25) is 0 Å². The fraction of sp³-hybridized carbons (Fsp3) is 0.750. The quantitative estimate of drug-likeness (QED) is 0.342. The van der Waals surface area contributed by atoms with Gasteiger partial charge < -0.3 is 9.90 Å². The van der Waals surface area contributed by atoms with E-state index >= 15 is 0 Å². The van der Waals surface area contributed by atoms with E-state index in [0.29, 0.717) is 0 Å². The van der Waals surface area contributed by atoms with Gasteiger partial charge in [0.1, 0.15) is 5.78 Å². The maximum atomic E-state index is 10.1. The molecule has 0 aliphatic rings. The molecule has 0 spiro atoms. The normalized spacial score (nSPS) is 9.69. The molecule has 0 aromatic rings. The largest absolute Gasteiger partial charge is 0.464 e. The highest BCUT2D eigenvalue weighted by molar-refractivity contribution is 5.72. The number of hydrogen-bond donors (Lipinski definition) is 2. The monoisotopic (exact) mass is 190 g/mol. The zero-order valence-electron chi connectivity index (χ0n) is 8.79.